The molecular formula is C20H20N4OS. The van der Waals surface area contributed by atoms with E-state index in [1.54, 1.807) is 36.5 Å². The van der Waals surface area contributed by atoms with Crippen LogP contribution in [0.5, 0.6) is 0 Å². The van der Waals surface area contributed by atoms with E-state index in [1.807, 2.05) is 18.2 Å². The summed E-state index contributed by atoms with van der Waals surface area (Å²) in [5.74, 6) is 2.21. The summed E-state index contributed by atoms with van der Waals surface area (Å²) >= 11 is 1.80. The largest absolute Gasteiger partial charge is 0.351 e. The van der Waals surface area contributed by atoms with E-state index in [-0.39, 0.29) is 5.91 Å². The SMILES string of the molecule is Cc1ccccc1CSCCNC(=O)c1cnc(-c2cccnc2)nc1. The molecular weight excluding hydrogens is 344 g/mol. The normalized spacial score (nSPS) is 10.5. The van der Waals surface area contributed by atoms with Crippen LogP contribution >= 0.6 is 11.8 Å². The molecule has 5 nitrogen and oxygen atoms in total. The molecule has 1 amide bonds. The van der Waals surface area contributed by atoms with Gasteiger partial charge in [0.25, 0.3) is 5.91 Å². The van der Waals surface area contributed by atoms with Crippen molar-refractivity contribution in [1.29, 1.82) is 0 Å². The Morgan fingerprint density at radius 3 is 2.62 bits per heavy atom. The first-order valence-corrected chi connectivity index (χ1v) is 9.52. The summed E-state index contributed by atoms with van der Waals surface area (Å²) in [6, 6.07) is 12.1. The third kappa shape index (κ3) is 4.89. The number of aryl methyl sites for hydroxylation is 1. The molecule has 0 radical (unpaired) electrons. The molecule has 0 aliphatic heterocycles. The summed E-state index contributed by atoms with van der Waals surface area (Å²) in [5, 5.41) is 2.91. The lowest BCUT2D eigenvalue weighted by Crippen LogP contribution is -2.26. The van der Waals surface area contributed by atoms with Crippen molar-refractivity contribution < 1.29 is 4.79 Å². The summed E-state index contributed by atoms with van der Waals surface area (Å²) < 4.78 is 0. The van der Waals surface area contributed by atoms with Crippen molar-refractivity contribution in [3.05, 3.63) is 77.9 Å². The zero-order chi connectivity index (χ0) is 18.2. The van der Waals surface area contributed by atoms with Gasteiger partial charge in [-0.2, -0.15) is 11.8 Å². The Morgan fingerprint density at radius 2 is 1.88 bits per heavy atom. The molecule has 3 aromatic rings. The molecule has 6 heteroatoms. The van der Waals surface area contributed by atoms with E-state index in [0.29, 0.717) is 17.9 Å². The van der Waals surface area contributed by atoms with Crippen LogP contribution in [0.3, 0.4) is 0 Å². The third-order valence-corrected chi connectivity index (χ3v) is 4.89. The van der Waals surface area contributed by atoms with Gasteiger partial charge >= 0.3 is 0 Å². The zero-order valence-corrected chi connectivity index (χ0v) is 15.4. The van der Waals surface area contributed by atoms with Gasteiger partial charge in [0.05, 0.1) is 5.56 Å². The molecule has 26 heavy (non-hydrogen) atoms. The molecule has 2 aromatic heterocycles. The van der Waals surface area contributed by atoms with Crippen molar-refractivity contribution in [2.24, 2.45) is 0 Å². The van der Waals surface area contributed by atoms with Crippen LogP contribution in [-0.4, -0.2) is 33.2 Å². The highest BCUT2D eigenvalue weighted by Crippen LogP contribution is 2.15. The van der Waals surface area contributed by atoms with Gasteiger partial charge in [0.2, 0.25) is 0 Å². The monoisotopic (exact) mass is 364 g/mol. The van der Waals surface area contributed by atoms with Gasteiger partial charge in [0.1, 0.15) is 0 Å². The molecule has 132 valence electrons. The van der Waals surface area contributed by atoms with Crippen LogP contribution in [0.1, 0.15) is 21.5 Å². The van der Waals surface area contributed by atoms with Gasteiger partial charge in [0, 0.05) is 48.4 Å². The Hall–Kier alpha value is -2.73. The molecule has 1 aromatic carbocycles. The second-order valence-electron chi connectivity index (χ2n) is 5.77. The minimum absolute atomic E-state index is 0.153. The number of carbonyl (C=O) groups is 1. The molecule has 0 unspecified atom stereocenters. The molecule has 0 atom stereocenters. The third-order valence-electron chi connectivity index (χ3n) is 3.88. The number of pyridine rings is 1. The summed E-state index contributed by atoms with van der Waals surface area (Å²) in [6.45, 7) is 2.73. The van der Waals surface area contributed by atoms with Crippen LogP contribution in [-0.2, 0) is 5.75 Å². The topological polar surface area (TPSA) is 67.8 Å². The molecule has 2 heterocycles. The van der Waals surface area contributed by atoms with Crippen LogP contribution in [0, 0.1) is 6.92 Å². The van der Waals surface area contributed by atoms with Crippen molar-refractivity contribution in [2.75, 3.05) is 12.3 Å². The second-order valence-corrected chi connectivity index (χ2v) is 6.88. The Labute approximate surface area is 157 Å². The second kappa shape index (κ2) is 9.10. The maximum atomic E-state index is 12.2. The first-order valence-electron chi connectivity index (χ1n) is 8.37. The number of nitrogens with zero attached hydrogens (tertiary/aromatic N) is 3. The van der Waals surface area contributed by atoms with Gasteiger partial charge in [-0.15, -0.1) is 0 Å². The van der Waals surface area contributed by atoms with E-state index in [4.69, 9.17) is 0 Å². The quantitative estimate of drug-likeness (QED) is 0.650. The van der Waals surface area contributed by atoms with Crippen molar-refractivity contribution >= 4 is 17.7 Å². The van der Waals surface area contributed by atoms with E-state index in [0.717, 1.165) is 17.1 Å². The van der Waals surface area contributed by atoms with Gasteiger partial charge < -0.3 is 5.32 Å². The van der Waals surface area contributed by atoms with E-state index < -0.39 is 0 Å². The number of hydrogen-bond donors (Lipinski definition) is 1. The molecule has 0 aliphatic carbocycles. The molecule has 0 fully saturated rings. The van der Waals surface area contributed by atoms with Crippen molar-refractivity contribution in [3.8, 4) is 11.4 Å². The predicted octanol–water partition coefficient (Wildman–Crippen LogP) is 3.51. The standard InChI is InChI=1S/C20H20N4OS/c1-15-5-2-3-6-17(15)14-26-10-9-22-20(25)18-12-23-19(24-13-18)16-7-4-8-21-11-16/h2-8,11-13H,9-10,14H2,1H3,(H,22,25). The van der Waals surface area contributed by atoms with Crippen LogP contribution in [0.4, 0.5) is 0 Å². The smallest absolute Gasteiger partial charge is 0.254 e. The Bertz CT molecular complexity index is 853. The highest BCUT2D eigenvalue weighted by molar-refractivity contribution is 7.98. The van der Waals surface area contributed by atoms with Crippen LogP contribution in [0.25, 0.3) is 11.4 Å². The lowest BCUT2D eigenvalue weighted by molar-refractivity contribution is 0.0955. The zero-order valence-electron chi connectivity index (χ0n) is 14.6. The number of benzene rings is 1. The number of carbonyl (C=O) groups excluding carboxylic acids is 1. The van der Waals surface area contributed by atoms with Gasteiger partial charge in [-0.05, 0) is 30.2 Å². The number of rotatable bonds is 7. The number of aromatic nitrogens is 3. The average molecular weight is 364 g/mol. The molecule has 0 spiro atoms. The lowest BCUT2D eigenvalue weighted by atomic mass is 10.1. The fraction of sp³-hybridized carbons (Fsp3) is 0.200. The van der Waals surface area contributed by atoms with Crippen molar-refractivity contribution in [3.63, 3.8) is 0 Å². The van der Waals surface area contributed by atoms with Crippen LogP contribution in [0.15, 0.2) is 61.2 Å². The number of hydrogen-bond acceptors (Lipinski definition) is 5. The first kappa shape index (κ1) is 18.1. The predicted molar refractivity (Wildman–Crippen MR) is 105 cm³/mol. The van der Waals surface area contributed by atoms with Crippen molar-refractivity contribution in [2.45, 2.75) is 12.7 Å². The highest BCUT2D eigenvalue weighted by atomic mass is 32.2. The summed E-state index contributed by atoms with van der Waals surface area (Å²) in [7, 11) is 0. The van der Waals surface area contributed by atoms with Crippen molar-refractivity contribution in [1.82, 2.24) is 20.3 Å². The maximum absolute atomic E-state index is 12.2. The Morgan fingerprint density at radius 1 is 1.08 bits per heavy atom. The first-order chi connectivity index (χ1) is 12.7. The molecule has 0 saturated heterocycles. The van der Waals surface area contributed by atoms with Gasteiger partial charge in [0.15, 0.2) is 5.82 Å². The number of amides is 1. The van der Waals surface area contributed by atoms with Crippen LogP contribution in [0.2, 0.25) is 0 Å². The van der Waals surface area contributed by atoms with E-state index in [9.17, 15) is 4.79 Å². The fourth-order valence-corrected chi connectivity index (χ4v) is 3.32. The van der Waals surface area contributed by atoms with E-state index >= 15 is 0 Å². The molecule has 3 rings (SSSR count). The minimum atomic E-state index is -0.153. The number of nitrogens with one attached hydrogen (secondary N) is 1. The lowest BCUT2D eigenvalue weighted by Gasteiger charge is -2.07. The maximum Gasteiger partial charge on any atom is 0.254 e. The molecule has 1 N–H and O–H groups in total. The average Bonchev–Trinajstić information content (AvgIpc) is 2.70. The molecule has 0 saturated carbocycles. The molecule has 0 bridgehead atoms. The Kier molecular flexibility index (Phi) is 6.33. The van der Waals surface area contributed by atoms with Gasteiger partial charge in [-0.1, -0.05) is 24.3 Å². The summed E-state index contributed by atoms with van der Waals surface area (Å²) in [6.07, 6.45) is 6.49. The minimum Gasteiger partial charge on any atom is -0.351 e. The van der Waals surface area contributed by atoms with E-state index in [2.05, 4.69) is 45.4 Å². The fourth-order valence-electron chi connectivity index (χ4n) is 2.38. The van der Waals surface area contributed by atoms with Crippen LogP contribution < -0.4 is 5.32 Å². The number of thioether (sulfide) groups is 1. The van der Waals surface area contributed by atoms with Gasteiger partial charge in [-0.25, -0.2) is 9.97 Å². The Balaban J connectivity index is 1.44. The molecule has 0 aliphatic rings. The summed E-state index contributed by atoms with van der Waals surface area (Å²) in [4.78, 5) is 24.7. The van der Waals surface area contributed by atoms with E-state index in [1.165, 1.54) is 11.1 Å². The van der Waals surface area contributed by atoms with Gasteiger partial charge in [-0.3, -0.25) is 9.78 Å². The summed E-state index contributed by atoms with van der Waals surface area (Å²) in [5.41, 5.74) is 3.92. The highest BCUT2D eigenvalue weighted by Gasteiger charge is 2.08.